The number of ether oxygens (including phenoxy) is 1. The Morgan fingerprint density at radius 2 is 2.08 bits per heavy atom. The van der Waals surface area contributed by atoms with Crippen molar-refractivity contribution in [2.45, 2.75) is 43.2 Å². The summed E-state index contributed by atoms with van der Waals surface area (Å²) in [5.41, 5.74) is 0.982. The molecule has 1 N–H and O–H groups in total. The first-order valence-electron chi connectivity index (χ1n) is 8.78. The summed E-state index contributed by atoms with van der Waals surface area (Å²) >= 11 is 1.59. The van der Waals surface area contributed by atoms with Crippen LogP contribution in [-0.4, -0.2) is 63.6 Å². The Balaban J connectivity index is 2.09. The van der Waals surface area contributed by atoms with Gasteiger partial charge in [-0.15, -0.1) is 0 Å². The van der Waals surface area contributed by atoms with Crippen molar-refractivity contribution < 1.29 is 17.9 Å². The highest BCUT2D eigenvalue weighted by Crippen LogP contribution is 2.16. The van der Waals surface area contributed by atoms with Crippen molar-refractivity contribution >= 4 is 27.7 Å². The van der Waals surface area contributed by atoms with E-state index in [4.69, 9.17) is 4.74 Å². The average Bonchev–Trinajstić information content (AvgIpc) is 3.11. The van der Waals surface area contributed by atoms with Crippen LogP contribution in [0, 0.1) is 6.92 Å². The maximum atomic E-state index is 12.8. The van der Waals surface area contributed by atoms with Crippen LogP contribution in [0.3, 0.4) is 0 Å². The second-order valence-corrected chi connectivity index (χ2v) is 9.32. The predicted molar refractivity (Wildman–Crippen MR) is 105 cm³/mol. The number of likely N-dealkylation sites (N-methyl/N-ethyl adjacent to an activating group) is 1. The van der Waals surface area contributed by atoms with Crippen molar-refractivity contribution in [3.63, 3.8) is 0 Å². The van der Waals surface area contributed by atoms with Gasteiger partial charge in [0.2, 0.25) is 15.9 Å². The summed E-state index contributed by atoms with van der Waals surface area (Å²) in [5, 5.41) is 0. The summed E-state index contributed by atoms with van der Waals surface area (Å²) in [6.45, 7) is 3.11. The number of hydrogen-bond acceptors (Lipinski definition) is 5. The Bertz CT molecular complexity index is 686. The molecule has 1 aliphatic heterocycles. The zero-order chi connectivity index (χ0) is 19.2. The Morgan fingerprint density at radius 1 is 1.38 bits per heavy atom. The lowest BCUT2D eigenvalue weighted by molar-refractivity contribution is -0.133. The van der Waals surface area contributed by atoms with Crippen molar-refractivity contribution in [2.24, 2.45) is 0 Å². The molecule has 146 valence electrons. The second kappa shape index (κ2) is 9.73. The molecule has 8 heteroatoms. The molecule has 1 heterocycles. The van der Waals surface area contributed by atoms with E-state index in [1.807, 2.05) is 13.2 Å². The highest BCUT2D eigenvalue weighted by molar-refractivity contribution is 7.98. The van der Waals surface area contributed by atoms with E-state index in [9.17, 15) is 13.2 Å². The fourth-order valence-corrected chi connectivity index (χ4v) is 4.59. The fraction of sp³-hybridized carbons (Fsp3) is 0.611. The quantitative estimate of drug-likeness (QED) is 0.686. The molecule has 1 amide bonds. The number of carbonyl (C=O) groups is 1. The minimum atomic E-state index is -3.75. The molecule has 0 radical (unpaired) electrons. The minimum absolute atomic E-state index is 0.0406. The zero-order valence-electron chi connectivity index (χ0n) is 15.6. The normalized spacial score (nSPS) is 18.7. The monoisotopic (exact) mass is 400 g/mol. The van der Waals surface area contributed by atoms with Gasteiger partial charge >= 0.3 is 0 Å². The van der Waals surface area contributed by atoms with Crippen molar-refractivity contribution in [1.82, 2.24) is 9.62 Å². The van der Waals surface area contributed by atoms with E-state index in [-0.39, 0.29) is 16.9 Å². The Morgan fingerprint density at radius 3 is 2.65 bits per heavy atom. The molecular formula is C18H28N2O4S2. The molecule has 2 rings (SSSR count). The zero-order valence-corrected chi connectivity index (χ0v) is 17.2. The van der Waals surface area contributed by atoms with Gasteiger partial charge in [-0.05, 0) is 50.3 Å². The molecule has 0 saturated carbocycles. The van der Waals surface area contributed by atoms with Crippen LogP contribution in [0.4, 0.5) is 0 Å². The van der Waals surface area contributed by atoms with Crippen LogP contribution in [0.1, 0.15) is 24.8 Å². The van der Waals surface area contributed by atoms with Gasteiger partial charge in [0.1, 0.15) is 6.04 Å². The summed E-state index contributed by atoms with van der Waals surface area (Å²) in [7, 11) is -2.05. The van der Waals surface area contributed by atoms with E-state index in [1.165, 1.54) is 0 Å². The molecule has 1 aromatic carbocycles. The predicted octanol–water partition coefficient (Wildman–Crippen LogP) is 2.03. The number of aryl methyl sites for hydroxylation is 1. The molecule has 1 aromatic rings. The number of thioether (sulfide) groups is 1. The number of nitrogens with zero attached hydrogens (tertiary/aromatic N) is 1. The number of hydrogen-bond donors (Lipinski definition) is 1. The first kappa shape index (κ1) is 21.2. The largest absolute Gasteiger partial charge is 0.376 e. The number of sulfonamides is 1. The van der Waals surface area contributed by atoms with Crippen molar-refractivity contribution in [3.05, 3.63) is 29.8 Å². The van der Waals surface area contributed by atoms with Crippen LogP contribution in [0.15, 0.2) is 29.2 Å². The van der Waals surface area contributed by atoms with Crippen LogP contribution in [-0.2, 0) is 19.6 Å². The van der Waals surface area contributed by atoms with E-state index >= 15 is 0 Å². The number of amides is 1. The third kappa shape index (κ3) is 5.97. The fourth-order valence-electron chi connectivity index (χ4n) is 2.89. The number of benzene rings is 1. The van der Waals surface area contributed by atoms with Gasteiger partial charge in [-0.1, -0.05) is 17.7 Å². The molecule has 1 aliphatic rings. The lowest BCUT2D eigenvalue weighted by Gasteiger charge is -2.26. The summed E-state index contributed by atoms with van der Waals surface area (Å²) in [6, 6.07) is 5.83. The Kier molecular flexibility index (Phi) is 7.94. The van der Waals surface area contributed by atoms with Gasteiger partial charge in [-0.25, -0.2) is 8.42 Å². The van der Waals surface area contributed by atoms with E-state index in [1.54, 1.807) is 48.0 Å². The van der Waals surface area contributed by atoms with Gasteiger partial charge in [0.25, 0.3) is 0 Å². The molecular weight excluding hydrogens is 372 g/mol. The number of carbonyl (C=O) groups excluding carboxylic acids is 1. The lowest BCUT2D eigenvalue weighted by atomic mass is 10.2. The molecule has 2 atom stereocenters. The van der Waals surface area contributed by atoms with Crippen molar-refractivity contribution in [2.75, 3.05) is 32.2 Å². The van der Waals surface area contributed by atoms with E-state index in [0.717, 1.165) is 25.0 Å². The molecule has 6 nitrogen and oxygen atoms in total. The third-order valence-corrected chi connectivity index (χ3v) is 6.55. The first-order chi connectivity index (χ1) is 12.3. The van der Waals surface area contributed by atoms with Gasteiger partial charge in [-0.2, -0.15) is 16.5 Å². The van der Waals surface area contributed by atoms with E-state index in [2.05, 4.69) is 4.72 Å². The Labute approximate surface area is 160 Å². The Hall–Kier alpha value is -1.09. The highest BCUT2D eigenvalue weighted by Gasteiger charge is 2.29. The van der Waals surface area contributed by atoms with Crippen molar-refractivity contribution in [3.8, 4) is 0 Å². The van der Waals surface area contributed by atoms with Gasteiger partial charge in [0.05, 0.1) is 11.0 Å². The van der Waals surface area contributed by atoms with Crippen LogP contribution in [0.5, 0.6) is 0 Å². The van der Waals surface area contributed by atoms with Gasteiger partial charge in [0, 0.05) is 20.2 Å². The van der Waals surface area contributed by atoms with Crippen molar-refractivity contribution in [1.29, 1.82) is 0 Å². The minimum Gasteiger partial charge on any atom is -0.376 e. The van der Waals surface area contributed by atoms with E-state index in [0.29, 0.717) is 18.7 Å². The average molecular weight is 401 g/mol. The van der Waals surface area contributed by atoms with Gasteiger partial charge in [-0.3, -0.25) is 4.79 Å². The smallest absolute Gasteiger partial charge is 0.241 e. The summed E-state index contributed by atoms with van der Waals surface area (Å²) in [5.74, 6) is 0.478. The number of rotatable bonds is 9. The molecule has 0 spiro atoms. The molecule has 1 fully saturated rings. The third-order valence-electron chi connectivity index (χ3n) is 4.42. The summed E-state index contributed by atoms with van der Waals surface area (Å²) in [4.78, 5) is 14.6. The maximum absolute atomic E-state index is 12.8. The topological polar surface area (TPSA) is 75.7 Å². The van der Waals surface area contributed by atoms with Gasteiger partial charge in [0.15, 0.2) is 0 Å². The molecule has 26 heavy (non-hydrogen) atoms. The lowest BCUT2D eigenvalue weighted by Crippen LogP contribution is -2.49. The highest BCUT2D eigenvalue weighted by atomic mass is 32.2. The number of nitrogens with one attached hydrogen (secondary N) is 1. The summed E-state index contributed by atoms with van der Waals surface area (Å²) < 4.78 is 33.5. The van der Waals surface area contributed by atoms with Crippen LogP contribution >= 0.6 is 11.8 Å². The van der Waals surface area contributed by atoms with E-state index < -0.39 is 16.1 Å². The molecule has 2 unspecified atom stereocenters. The molecule has 0 bridgehead atoms. The SMILES string of the molecule is CSCCC(NS(=O)(=O)c1ccc(C)cc1)C(=O)N(C)CC1CCCO1. The standard InChI is InChI=1S/C18H28N2O4S2/c1-14-6-8-16(9-7-14)26(22,23)19-17(10-12-25-3)18(21)20(2)13-15-5-4-11-24-15/h6-9,15,17,19H,4-5,10-13H2,1-3H3. The van der Waals surface area contributed by atoms with Crippen LogP contribution in [0.25, 0.3) is 0 Å². The first-order valence-corrected chi connectivity index (χ1v) is 11.7. The molecule has 0 aliphatic carbocycles. The molecule has 0 aromatic heterocycles. The maximum Gasteiger partial charge on any atom is 0.241 e. The summed E-state index contributed by atoms with van der Waals surface area (Å²) in [6.07, 6.45) is 4.36. The molecule has 1 saturated heterocycles. The van der Waals surface area contributed by atoms with Gasteiger partial charge < -0.3 is 9.64 Å². The van der Waals surface area contributed by atoms with Crippen LogP contribution in [0.2, 0.25) is 0 Å². The second-order valence-electron chi connectivity index (χ2n) is 6.62. The van der Waals surface area contributed by atoms with Crippen LogP contribution < -0.4 is 4.72 Å².